The minimum Gasteiger partial charge on any atom is -0.372 e. The summed E-state index contributed by atoms with van der Waals surface area (Å²) in [4.78, 5) is 4.84. The van der Waals surface area contributed by atoms with Gasteiger partial charge in [0, 0.05) is 32.7 Å². The molecule has 0 spiro atoms. The van der Waals surface area contributed by atoms with Crippen LogP contribution in [0.4, 0.5) is 0 Å². The van der Waals surface area contributed by atoms with Crippen LogP contribution in [0.3, 0.4) is 0 Å². The topological polar surface area (TPSA) is 27.7 Å². The molecule has 2 atom stereocenters. The Labute approximate surface area is 125 Å². The van der Waals surface area contributed by atoms with Crippen LogP contribution in [0.1, 0.15) is 33.6 Å². The van der Waals surface area contributed by atoms with Crippen molar-refractivity contribution in [3.63, 3.8) is 0 Å². The zero-order valence-corrected chi connectivity index (χ0v) is 14.2. The molecule has 120 valence electrons. The van der Waals surface area contributed by atoms with E-state index in [-0.39, 0.29) is 0 Å². The molecule has 0 amide bonds. The zero-order chi connectivity index (χ0) is 15.0. The Balaban J connectivity index is 2.33. The zero-order valence-electron chi connectivity index (χ0n) is 14.2. The number of hydrogen-bond donors (Lipinski definition) is 1. The van der Waals surface area contributed by atoms with Gasteiger partial charge in [0.2, 0.25) is 0 Å². The van der Waals surface area contributed by atoms with E-state index in [2.05, 4.69) is 50.0 Å². The second-order valence-electron chi connectivity index (χ2n) is 6.72. The Bertz CT molecular complexity index is 246. The fraction of sp³-hybridized carbons (Fsp3) is 1.00. The molecule has 0 aromatic heterocycles. The fourth-order valence-corrected chi connectivity index (χ4v) is 2.77. The minimum absolute atomic E-state index is 0.426. The molecule has 1 fully saturated rings. The van der Waals surface area contributed by atoms with Crippen molar-refractivity contribution in [3.05, 3.63) is 0 Å². The molecule has 1 aliphatic rings. The maximum absolute atomic E-state index is 6.16. The lowest BCUT2D eigenvalue weighted by Gasteiger charge is -2.28. The van der Waals surface area contributed by atoms with E-state index in [4.69, 9.17) is 4.74 Å². The molecular weight excluding hydrogens is 250 g/mol. The van der Waals surface area contributed by atoms with Gasteiger partial charge in [-0.2, -0.15) is 0 Å². The normalized spacial score (nSPS) is 23.4. The Kier molecular flexibility index (Phi) is 8.69. The van der Waals surface area contributed by atoms with Crippen molar-refractivity contribution < 1.29 is 4.74 Å². The Morgan fingerprint density at radius 1 is 1.15 bits per heavy atom. The number of hydrogen-bond acceptors (Lipinski definition) is 4. The molecule has 20 heavy (non-hydrogen) atoms. The van der Waals surface area contributed by atoms with Crippen molar-refractivity contribution in [2.24, 2.45) is 5.92 Å². The predicted octanol–water partition coefficient (Wildman–Crippen LogP) is 1.66. The van der Waals surface area contributed by atoms with Crippen molar-refractivity contribution >= 4 is 0 Å². The Hall–Kier alpha value is -0.160. The molecule has 0 bridgehead atoms. The summed E-state index contributed by atoms with van der Waals surface area (Å²) in [5.41, 5.74) is 0. The number of rotatable bonds is 10. The van der Waals surface area contributed by atoms with Crippen LogP contribution < -0.4 is 5.32 Å². The van der Waals surface area contributed by atoms with Gasteiger partial charge in [-0.05, 0) is 39.4 Å². The third-order valence-electron chi connectivity index (χ3n) is 3.77. The van der Waals surface area contributed by atoms with Crippen molar-refractivity contribution in [1.82, 2.24) is 15.1 Å². The van der Waals surface area contributed by atoms with Crippen molar-refractivity contribution in [2.75, 3.05) is 53.4 Å². The van der Waals surface area contributed by atoms with Crippen molar-refractivity contribution in [3.8, 4) is 0 Å². The summed E-state index contributed by atoms with van der Waals surface area (Å²) in [6, 6.07) is 0. The first-order chi connectivity index (χ1) is 9.51. The predicted molar refractivity (Wildman–Crippen MR) is 86.3 cm³/mol. The lowest BCUT2D eigenvalue weighted by molar-refractivity contribution is 0.0205. The van der Waals surface area contributed by atoms with E-state index in [1.807, 2.05) is 0 Å². The van der Waals surface area contributed by atoms with Crippen LogP contribution in [-0.4, -0.2) is 75.4 Å². The molecule has 1 rings (SSSR count). The minimum atomic E-state index is 0.426. The molecule has 4 heteroatoms. The monoisotopic (exact) mass is 285 g/mol. The summed E-state index contributed by atoms with van der Waals surface area (Å²) in [6.45, 7) is 13.3. The fourth-order valence-electron chi connectivity index (χ4n) is 2.77. The van der Waals surface area contributed by atoms with Crippen molar-refractivity contribution in [2.45, 2.75) is 45.8 Å². The first-order valence-corrected chi connectivity index (χ1v) is 8.24. The second kappa shape index (κ2) is 9.72. The summed E-state index contributed by atoms with van der Waals surface area (Å²) in [7, 11) is 4.29. The summed E-state index contributed by atoms with van der Waals surface area (Å²) in [5, 5.41) is 3.39. The molecule has 2 unspecified atom stereocenters. The van der Waals surface area contributed by atoms with Gasteiger partial charge >= 0.3 is 0 Å². The number of likely N-dealkylation sites (N-methyl/N-ethyl adjacent to an activating group) is 2. The molecule has 0 aromatic carbocycles. The highest BCUT2D eigenvalue weighted by molar-refractivity contribution is 4.78. The third kappa shape index (κ3) is 7.58. The molecule has 0 aliphatic carbocycles. The van der Waals surface area contributed by atoms with Crippen molar-refractivity contribution in [1.29, 1.82) is 0 Å². The van der Waals surface area contributed by atoms with Crippen LogP contribution in [0.5, 0.6) is 0 Å². The number of nitrogens with zero attached hydrogens (tertiary/aromatic N) is 2. The van der Waals surface area contributed by atoms with Gasteiger partial charge in [-0.3, -0.25) is 4.90 Å². The maximum atomic E-state index is 6.16. The van der Waals surface area contributed by atoms with Crippen LogP contribution >= 0.6 is 0 Å². The smallest absolute Gasteiger partial charge is 0.0707 e. The molecule has 0 aromatic rings. The number of nitrogens with one attached hydrogen (secondary N) is 1. The highest BCUT2D eigenvalue weighted by Gasteiger charge is 2.26. The van der Waals surface area contributed by atoms with E-state index in [1.165, 1.54) is 19.4 Å². The molecule has 0 saturated carbocycles. The lowest BCUT2D eigenvalue weighted by atomic mass is 10.1. The maximum Gasteiger partial charge on any atom is 0.0707 e. The van der Waals surface area contributed by atoms with E-state index < -0.39 is 0 Å². The van der Waals surface area contributed by atoms with Gasteiger partial charge in [-0.15, -0.1) is 0 Å². The molecule has 0 radical (unpaired) electrons. The first kappa shape index (κ1) is 17.9. The molecule has 1 aliphatic heterocycles. The molecule has 1 N–H and O–H groups in total. The van der Waals surface area contributed by atoms with Crippen LogP contribution in [0, 0.1) is 5.92 Å². The molecule has 1 heterocycles. The van der Waals surface area contributed by atoms with E-state index in [0.717, 1.165) is 38.6 Å². The van der Waals surface area contributed by atoms with Crippen LogP contribution in [0.25, 0.3) is 0 Å². The average molecular weight is 285 g/mol. The quantitative estimate of drug-likeness (QED) is 0.661. The Morgan fingerprint density at radius 2 is 1.85 bits per heavy atom. The third-order valence-corrected chi connectivity index (χ3v) is 3.77. The molecular formula is C16H35N3O. The standard InChI is InChI=1S/C16H35N3O/c1-6-17-11-15-7-8-16(20-15)13-19(12-14(2)3)10-9-18(4)5/h14-17H,6-13H2,1-5H3. The largest absolute Gasteiger partial charge is 0.372 e. The van der Waals surface area contributed by atoms with Gasteiger partial charge < -0.3 is 15.0 Å². The van der Waals surface area contributed by atoms with E-state index >= 15 is 0 Å². The Morgan fingerprint density at radius 3 is 2.45 bits per heavy atom. The van der Waals surface area contributed by atoms with Gasteiger partial charge in [0.25, 0.3) is 0 Å². The van der Waals surface area contributed by atoms with Gasteiger partial charge in [-0.1, -0.05) is 20.8 Å². The highest BCUT2D eigenvalue weighted by atomic mass is 16.5. The highest BCUT2D eigenvalue weighted by Crippen LogP contribution is 2.20. The summed E-state index contributed by atoms with van der Waals surface area (Å²) >= 11 is 0. The van der Waals surface area contributed by atoms with Gasteiger partial charge in [-0.25, -0.2) is 0 Å². The van der Waals surface area contributed by atoms with E-state index in [0.29, 0.717) is 12.2 Å². The summed E-state index contributed by atoms with van der Waals surface area (Å²) in [5.74, 6) is 0.719. The average Bonchev–Trinajstić information content (AvgIpc) is 2.80. The van der Waals surface area contributed by atoms with Gasteiger partial charge in [0.05, 0.1) is 12.2 Å². The van der Waals surface area contributed by atoms with Crippen LogP contribution in [0.15, 0.2) is 0 Å². The second-order valence-corrected chi connectivity index (χ2v) is 6.72. The SMILES string of the molecule is CCNCC1CCC(CN(CCN(C)C)CC(C)C)O1. The van der Waals surface area contributed by atoms with Gasteiger partial charge in [0.15, 0.2) is 0 Å². The van der Waals surface area contributed by atoms with Gasteiger partial charge in [0.1, 0.15) is 0 Å². The lowest BCUT2D eigenvalue weighted by Crippen LogP contribution is -2.39. The van der Waals surface area contributed by atoms with Crippen LogP contribution in [0.2, 0.25) is 0 Å². The first-order valence-electron chi connectivity index (χ1n) is 8.24. The van der Waals surface area contributed by atoms with Crippen LogP contribution in [-0.2, 0) is 4.74 Å². The number of ether oxygens (including phenoxy) is 1. The molecule has 1 saturated heterocycles. The summed E-state index contributed by atoms with van der Waals surface area (Å²) < 4.78 is 6.16. The van der Waals surface area contributed by atoms with E-state index in [1.54, 1.807) is 0 Å². The molecule has 4 nitrogen and oxygen atoms in total. The summed E-state index contributed by atoms with van der Waals surface area (Å²) in [6.07, 6.45) is 3.28. The van der Waals surface area contributed by atoms with E-state index in [9.17, 15) is 0 Å².